The van der Waals surface area contributed by atoms with E-state index in [-0.39, 0.29) is 0 Å². The second-order valence-electron chi connectivity index (χ2n) is 4.92. The molecule has 0 saturated heterocycles. The van der Waals surface area contributed by atoms with Crippen LogP contribution in [0.25, 0.3) is 0 Å². The van der Waals surface area contributed by atoms with Gasteiger partial charge in [0, 0.05) is 12.6 Å². The van der Waals surface area contributed by atoms with Crippen LogP contribution in [0, 0.1) is 0 Å². The SMILES string of the molecule is COc1cc(CNC(C)CC(F)(F)F)cc2c1OCCO2. The third-order valence-electron chi connectivity index (χ3n) is 3.08. The molecule has 0 radical (unpaired) electrons. The minimum Gasteiger partial charge on any atom is -0.493 e. The van der Waals surface area contributed by atoms with Crippen LogP contribution >= 0.6 is 0 Å². The van der Waals surface area contributed by atoms with Gasteiger partial charge in [-0.2, -0.15) is 13.2 Å². The number of halogens is 3. The normalized spacial score (nSPS) is 15.7. The molecule has 21 heavy (non-hydrogen) atoms. The molecule has 1 heterocycles. The molecular weight excluding hydrogens is 287 g/mol. The van der Waals surface area contributed by atoms with Crippen molar-refractivity contribution < 1.29 is 27.4 Å². The van der Waals surface area contributed by atoms with E-state index in [0.29, 0.717) is 37.0 Å². The molecule has 1 aromatic rings. The Hall–Kier alpha value is -1.63. The van der Waals surface area contributed by atoms with E-state index in [1.165, 1.54) is 14.0 Å². The van der Waals surface area contributed by atoms with Crippen molar-refractivity contribution in [1.82, 2.24) is 5.32 Å². The number of rotatable bonds is 5. The van der Waals surface area contributed by atoms with Crippen molar-refractivity contribution in [3.63, 3.8) is 0 Å². The molecule has 1 aliphatic rings. The zero-order valence-electron chi connectivity index (χ0n) is 11.9. The Labute approximate surface area is 121 Å². The van der Waals surface area contributed by atoms with E-state index in [1.54, 1.807) is 12.1 Å². The van der Waals surface area contributed by atoms with Crippen molar-refractivity contribution >= 4 is 0 Å². The summed E-state index contributed by atoms with van der Waals surface area (Å²) in [5, 5.41) is 2.84. The minimum atomic E-state index is -4.17. The first kappa shape index (κ1) is 15.8. The highest BCUT2D eigenvalue weighted by Crippen LogP contribution is 2.40. The number of benzene rings is 1. The lowest BCUT2D eigenvalue weighted by molar-refractivity contribution is -0.139. The van der Waals surface area contributed by atoms with E-state index in [2.05, 4.69) is 5.32 Å². The topological polar surface area (TPSA) is 39.7 Å². The number of fused-ring (bicyclic) bond motifs is 1. The third-order valence-corrected chi connectivity index (χ3v) is 3.08. The van der Waals surface area contributed by atoms with Crippen molar-refractivity contribution in [3.05, 3.63) is 17.7 Å². The number of hydrogen-bond acceptors (Lipinski definition) is 4. The van der Waals surface area contributed by atoms with Gasteiger partial charge in [0.15, 0.2) is 11.5 Å². The first-order chi connectivity index (χ1) is 9.89. The van der Waals surface area contributed by atoms with Crippen LogP contribution in [0.15, 0.2) is 12.1 Å². The van der Waals surface area contributed by atoms with Gasteiger partial charge in [-0.1, -0.05) is 0 Å². The van der Waals surface area contributed by atoms with E-state index < -0.39 is 18.6 Å². The molecule has 0 fully saturated rings. The first-order valence-electron chi connectivity index (χ1n) is 6.65. The van der Waals surface area contributed by atoms with E-state index in [1.807, 2.05) is 0 Å². The maximum atomic E-state index is 12.3. The van der Waals surface area contributed by atoms with Crippen LogP contribution < -0.4 is 19.5 Å². The van der Waals surface area contributed by atoms with Crippen molar-refractivity contribution in [2.24, 2.45) is 0 Å². The number of ether oxygens (including phenoxy) is 3. The molecule has 118 valence electrons. The minimum absolute atomic E-state index is 0.296. The summed E-state index contributed by atoms with van der Waals surface area (Å²) in [5.74, 6) is 1.61. The maximum absolute atomic E-state index is 12.3. The first-order valence-corrected chi connectivity index (χ1v) is 6.65. The molecule has 2 rings (SSSR count). The quantitative estimate of drug-likeness (QED) is 0.908. The van der Waals surface area contributed by atoms with Crippen LogP contribution in [-0.4, -0.2) is 32.5 Å². The lowest BCUT2D eigenvalue weighted by Crippen LogP contribution is -2.30. The second-order valence-corrected chi connectivity index (χ2v) is 4.92. The van der Waals surface area contributed by atoms with Crippen LogP contribution in [-0.2, 0) is 6.54 Å². The van der Waals surface area contributed by atoms with Gasteiger partial charge in [-0.05, 0) is 24.6 Å². The highest BCUT2D eigenvalue weighted by atomic mass is 19.4. The van der Waals surface area contributed by atoms with Crippen molar-refractivity contribution in [2.45, 2.75) is 32.1 Å². The fourth-order valence-electron chi connectivity index (χ4n) is 2.14. The van der Waals surface area contributed by atoms with Crippen molar-refractivity contribution in [3.8, 4) is 17.2 Å². The van der Waals surface area contributed by atoms with Gasteiger partial charge in [-0.3, -0.25) is 0 Å². The van der Waals surface area contributed by atoms with Gasteiger partial charge in [-0.15, -0.1) is 0 Å². The van der Waals surface area contributed by atoms with Gasteiger partial charge in [0.25, 0.3) is 0 Å². The van der Waals surface area contributed by atoms with Crippen LogP contribution in [0.1, 0.15) is 18.9 Å². The monoisotopic (exact) mass is 305 g/mol. The van der Waals surface area contributed by atoms with Gasteiger partial charge in [0.1, 0.15) is 13.2 Å². The predicted octanol–water partition coefficient (Wildman–Crippen LogP) is 2.90. The molecule has 1 N–H and O–H groups in total. The standard InChI is InChI=1S/C14H18F3NO3/c1-9(7-14(15,16)17)18-8-10-5-11(19-2)13-12(6-10)20-3-4-21-13/h5-6,9,18H,3-4,7-8H2,1-2H3. The molecule has 0 amide bonds. The largest absolute Gasteiger partial charge is 0.493 e. The highest BCUT2D eigenvalue weighted by Gasteiger charge is 2.29. The third kappa shape index (κ3) is 4.42. The summed E-state index contributed by atoms with van der Waals surface area (Å²) in [6, 6.07) is 2.83. The van der Waals surface area contributed by atoms with Crippen LogP contribution in [0.5, 0.6) is 17.2 Å². The average molecular weight is 305 g/mol. The van der Waals surface area contributed by atoms with E-state index >= 15 is 0 Å². The molecule has 1 atom stereocenters. The number of alkyl halides is 3. The summed E-state index contributed by atoms with van der Waals surface area (Å²) >= 11 is 0. The van der Waals surface area contributed by atoms with Crippen LogP contribution in [0.2, 0.25) is 0 Å². The molecule has 0 spiro atoms. The van der Waals surface area contributed by atoms with E-state index in [9.17, 15) is 13.2 Å². The lowest BCUT2D eigenvalue weighted by Gasteiger charge is -2.22. The molecule has 1 unspecified atom stereocenters. The van der Waals surface area contributed by atoms with Gasteiger partial charge in [0.2, 0.25) is 5.75 Å². The van der Waals surface area contributed by atoms with Gasteiger partial charge in [0.05, 0.1) is 13.5 Å². The summed E-state index contributed by atoms with van der Waals surface area (Å²) in [6.45, 7) is 2.69. The Kier molecular flexibility index (Phi) is 4.82. The van der Waals surface area contributed by atoms with E-state index in [4.69, 9.17) is 14.2 Å². The predicted molar refractivity (Wildman–Crippen MR) is 71.0 cm³/mol. The Balaban J connectivity index is 2.03. The molecule has 0 aromatic heterocycles. The Morgan fingerprint density at radius 2 is 2.00 bits per heavy atom. The summed E-state index contributed by atoms with van der Waals surface area (Å²) in [4.78, 5) is 0. The highest BCUT2D eigenvalue weighted by molar-refractivity contribution is 5.54. The maximum Gasteiger partial charge on any atom is 0.390 e. The Morgan fingerprint density at radius 3 is 2.67 bits per heavy atom. The summed E-state index contributed by atoms with van der Waals surface area (Å²) < 4.78 is 53.0. The van der Waals surface area contributed by atoms with Gasteiger partial charge >= 0.3 is 6.18 Å². The summed E-state index contributed by atoms with van der Waals surface area (Å²) in [5.41, 5.74) is 0.783. The molecule has 0 saturated carbocycles. The molecule has 7 heteroatoms. The molecule has 4 nitrogen and oxygen atoms in total. The van der Waals surface area contributed by atoms with Crippen molar-refractivity contribution in [1.29, 1.82) is 0 Å². The molecule has 0 aliphatic carbocycles. The zero-order valence-corrected chi connectivity index (χ0v) is 11.9. The number of nitrogens with one attached hydrogen (secondary N) is 1. The summed E-state index contributed by atoms with van der Waals surface area (Å²) in [6.07, 6.45) is -5.04. The molecule has 1 aromatic carbocycles. The fraction of sp³-hybridized carbons (Fsp3) is 0.571. The van der Waals surface area contributed by atoms with E-state index in [0.717, 1.165) is 5.56 Å². The van der Waals surface area contributed by atoms with Gasteiger partial charge < -0.3 is 19.5 Å². The molecule has 0 bridgehead atoms. The second kappa shape index (κ2) is 6.43. The average Bonchev–Trinajstić information content (AvgIpc) is 2.42. The number of hydrogen-bond donors (Lipinski definition) is 1. The van der Waals surface area contributed by atoms with Gasteiger partial charge in [-0.25, -0.2) is 0 Å². The zero-order chi connectivity index (χ0) is 15.5. The Morgan fingerprint density at radius 1 is 1.29 bits per heavy atom. The molecular formula is C14H18F3NO3. The van der Waals surface area contributed by atoms with Crippen molar-refractivity contribution in [2.75, 3.05) is 20.3 Å². The lowest BCUT2D eigenvalue weighted by atomic mass is 10.1. The number of methoxy groups -OCH3 is 1. The molecule has 1 aliphatic heterocycles. The Bertz CT molecular complexity index is 474. The smallest absolute Gasteiger partial charge is 0.390 e. The van der Waals surface area contributed by atoms with Crippen LogP contribution in [0.3, 0.4) is 0 Å². The summed E-state index contributed by atoms with van der Waals surface area (Å²) in [7, 11) is 1.51. The fourth-order valence-corrected chi connectivity index (χ4v) is 2.14. The van der Waals surface area contributed by atoms with Crippen LogP contribution in [0.4, 0.5) is 13.2 Å².